The average molecular weight is 224 g/mol. The molecule has 84 valence electrons. The Morgan fingerprint density at radius 3 is 2.27 bits per heavy atom. The molecule has 0 saturated heterocycles. The highest BCUT2D eigenvalue weighted by Crippen LogP contribution is 2.08. The normalized spacial score (nSPS) is 14.9. The van der Waals surface area contributed by atoms with Crippen molar-refractivity contribution in [3.05, 3.63) is 30.3 Å². The Labute approximate surface area is 93.5 Å². The first kappa shape index (κ1) is 12.4. The Kier molecular flexibility index (Phi) is 5.01. The summed E-state index contributed by atoms with van der Waals surface area (Å²) in [5.41, 5.74) is 0. The van der Waals surface area contributed by atoms with E-state index in [9.17, 15) is 0 Å². The monoisotopic (exact) mass is 224 g/mol. The highest BCUT2D eigenvalue weighted by molar-refractivity contribution is 6.79. The van der Waals surface area contributed by atoms with Gasteiger partial charge in [0.15, 0.2) is 0 Å². The van der Waals surface area contributed by atoms with E-state index >= 15 is 0 Å². The van der Waals surface area contributed by atoms with Crippen molar-refractivity contribution >= 4 is 13.7 Å². The molecule has 0 N–H and O–H groups in total. The highest BCUT2D eigenvalue weighted by Gasteiger charge is 2.33. The summed E-state index contributed by atoms with van der Waals surface area (Å²) in [6.45, 7) is 7.73. The van der Waals surface area contributed by atoms with Gasteiger partial charge in [-0.25, -0.2) is 0 Å². The van der Waals surface area contributed by atoms with Crippen LogP contribution in [0, 0.1) is 0 Å². The van der Waals surface area contributed by atoms with E-state index in [2.05, 4.69) is 25.6 Å². The lowest BCUT2D eigenvalue weighted by molar-refractivity contribution is 0.193. The van der Waals surface area contributed by atoms with E-state index in [0.717, 1.165) is 13.0 Å². The molecule has 1 atom stereocenters. The van der Waals surface area contributed by atoms with Crippen LogP contribution in [0.15, 0.2) is 30.3 Å². The molecule has 3 heteroatoms. The van der Waals surface area contributed by atoms with Crippen molar-refractivity contribution in [3.63, 3.8) is 0 Å². The van der Waals surface area contributed by atoms with E-state index in [4.69, 9.17) is 8.85 Å². The molecule has 0 aromatic heterocycles. The summed E-state index contributed by atoms with van der Waals surface area (Å²) in [6, 6.07) is 10.3. The molecule has 0 amide bonds. The van der Waals surface area contributed by atoms with E-state index in [1.54, 1.807) is 0 Å². The predicted molar refractivity (Wildman–Crippen MR) is 65.6 cm³/mol. The van der Waals surface area contributed by atoms with Crippen molar-refractivity contribution in [1.82, 2.24) is 0 Å². The van der Waals surface area contributed by atoms with Gasteiger partial charge in [0.1, 0.15) is 0 Å². The van der Waals surface area contributed by atoms with Gasteiger partial charge in [-0.1, -0.05) is 37.3 Å². The van der Waals surface area contributed by atoms with Crippen LogP contribution in [0.3, 0.4) is 0 Å². The van der Waals surface area contributed by atoms with Gasteiger partial charge in [0.05, 0.1) is 0 Å². The van der Waals surface area contributed by atoms with Crippen LogP contribution >= 0.6 is 0 Å². The molecule has 1 unspecified atom stereocenters. The van der Waals surface area contributed by atoms with Crippen molar-refractivity contribution < 1.29 is 8.85 Å². The van der Waals surface area contributed by atoms with E-state index in [0.29, 0.717) is 6.61 Å². The van der Waals surface area contributed by atoms with Crippen LogP contribution in [0.1, 0.15) is 20.3 Å². The van der Waals surface area contributed by atoms with Gasteiger partial charge < -0.3 is 8.85 Å². The Hall–Kier alpha value is -0.643. The molecule has 0 aliphatic rings. The minimum Gasteiger partial charge on any atom is -0.391 e. The Bertz CT molecular complexity index is 276. The maximum atomic E-state index is 5.92. The smallest absolute Gasteiger partial charge is 0.369 e. The fraction of sp³-hybridized carbons (Fsp3) is 0.500. The largest absolute Gasteiger partial charge is 0.391 e. The molecule has 15 heavy (non-hydrogen) atoms. The fourth-order valence-electron chi connectivity index (χ4n) is 1.52. The minimum atomic E-state index is -2.15. The summed E-state index contributed by atoms with van der Waals surface area (Å²) < 4.78 is 11.8. The third-order valence-corrected chi connectivity index (χ3v) is 5.28. The highest BCUT2D eigenvalue weighted by atomic mass is 28.4. The molecule has 2 nitrogen and oxygen atoms in total. The van der Waals surface area contributed by atoms with Crippen molar-refractivity contribution in [2.24, 2.45) is 0 Å². The molecule has 1 aromatic carbocycles. The summed E-state index contributed by atoms with van der Waals surface area (Å²) in [6.07, 6.45) is 1.03. The van der Waals surface area contributed by atoms with Gasteiger partial charge in [0, 0.05) is 13.2 Å². The quantitative estimate of drug-likeness (QED) is 0.691. The molecule has 0 radical (unpaired) electrons. The summed E-state index contributed by atoms with van der Waals surface area (Å²) in [5.74, 6) is 0. The lowest BCUT2D eigenvalue weighted by Gasteiger charge is -2.26. The Morgan fingerprint density at radius 1 is 1.07 bits per heavy atom. The summed E-state index contributed by atoms with van der Waals surface area (Å²) in [7, 11) is -2.15. The maximum Gasteiger partial charge on any atom is 0.369 e. The van der Waals surface area contributed by atoms with E-state index in [1.807, 2.05) is 25.1 Å². The molecule has 0 fully saturated rings. The number of hydrogen-bond donors (Lipinski definition) is 0. The Morgan fingerprint density at radius 2 is 1.73 bits per heavy atom. The van der Waals surface area contributed by atoms with Crippen LogP contribution in [-0.2, 0) is 8.85 Å². The van der Waals surface area contributed by atoms with E-state index in [-0.39, 0.29) is 0 Å². The fourth-order valence-corrected chi connectivity index (χ4v) is 3.88. The number of rotatable bonds is 6. The Balaban J connectivity index is 2.80. The first-order chi connectivity index (χ1) is 7.23. The minimum absolute atomic E-state index is 0.710. The van der Waals surface area contributed by atoms with E-state index < -0.39 is 8.56 Å². The van der Waals surface area contributed by atoms with Crippen LogP contribution < -0.4 is 5.19 Å². The number of benzene rings is 1. The molecule has 0 saturated carbocycles. The van der Waals surface area contributed by atoms with Crippen LogP contribution in [0.4, 0.5) is 0 Å². The van der Waals surface area contributed by atoms with E-state index in [1.165, 1.54) is 5.19 Å². The molecule has 1 rings (SSSR count). The molecule has 0 aliphatic heterocycles. The topological polar surface area (TPSA) is 18.5 Å². The lowest BCUT2D eigenvalue weighted by Crippen LogP contribution is -2.51. The van der Waals surface area contributed by atoms with Gasteiger partial charge in [-0.15, -0.1) is 0 Å². The van der Waals surface area contributed by atoms with Gasteiger partial charge in [0.2, 0.25) is 0 Å². The second-order valence-electron chi connectivity index (χ2n) is 3.59. The lowest BCUT2D eigenvalue weighted by atomic mass is 10.4. The van der Waals surface area contributed by atoms with Crippen LogP contribution in [0.2, 0.25) is 6.55 Å². The third-order valence-electron chi connectivity index (χ3n) is 2.30. The first-order valence-corrected chi connectivity index (χ1v) is 7.88. The second kappa shape index (κ2) is 6.05. The molecular formula is C12H20O2Si. The number of hydrogen-bond acceptors (Lipinski definition) is 2. The van der Waals surface area contributed by atoms with Crippen molar-refractivity contribution in [2.75, 3.05) is 13.2 Å². The van der Waals surface area contributed by atoms with Gasteiger partial charge in [-0.05, 0) is 25.1 Å². The van der Waals surface area contributed by atoms with Crippen molar-refractivity contribution in [2.45, 2.75) is 26.8 Å². The summed E-state index contributed by atoms with van der Waals surface area (Å²) >= 11 is 0. The second-order valence-corrected chi connectivity index (χ2v) is 6.64. The molecule has 0 aliphatic carbocycles. The van der Waals surface area contributed by atoms with Gasteiger partial charge in [-0.2, -0.15) is 0 Å². The van der Waals surface area contributed by atoms with Gasteiger partial charge in [-0.3, -0.25) is 0 Å². The van der Waals surface area contributed by atoms with Crippen LogP contribution in [-0.4, -0.2) is 21.8 Å². The molecule has 1 aromatic rings. The first-order valence-electron chi connectivity index (χ1n) is 5.56. The zero-order valence-corrected chi connectivity index (χ0v) is 10.8. The van der Waals surface area contributed by atoms with Crippen molar-refractivity contribution in [1.29, 1.82) is 0 Å². The molecule has 0 bridgehead atoms. The SMILES string of the molecule is CCCO[Si](C)(OCC)c1ccccc1. The summed E-state index contributed by atoms with van der Waals surface area (Å²) in [4.78, 5) is 0. The average Bonchev–Trinajstić information content (AvgIpc) is 2.28. The predicted octanol–water partition coefficient (Wildman–Crippen LogP) is 2.43. The molecule has 0 heterocycles. The standard InChI is InChI=1S/C12H20O2Si/c1-4-11-14-15(3,13-5-2)12-9-7-6-8-10-12/h6-10H,4-5,11H2,1-3H3. The van der Waals surface area contributed by atoms with Crippen LogP contribution in [0.5, 0.6) is 0 Å². The maximum absolute atomic E-state index is 5.92. The zero-order chi connectivity index (χ0) is 11.1. The molecular weight excluding hydrogens is 204 g/mol. The van der Waals surface area contributed by atoms with Gasteiger partial charge >= 0.3 is 8.56 Å². The summed E-state index contributed by atoms with van der Waals surface area (Å²) in [5, 5.41) is 1.21. The molecule has 0 spiro atoms. The van der Waals surface area contributed by atoms with Crippen LogP contribution in [0.25, 0.3) is 0 Å². The third kappa shape index (κ3) is 3.45. The van der Waals surface area contributed by atoms with Gasteiger partial charge in [0.25, 0.3) is 0 Å². The zero-order valence-electron chi connectivity index (χ0n) is 9.82. The van der Waals surface area contributed by atoms with Crippen molar-refractivity contribution in [3.8, 4) is 0 Å².